The fraction of sp³-hybridized carbons (Fsp3) is 0.647. The van der Waals surface area contributed by atoms with E-state index in [1.807, 2.05) is 60.7 Å². The van der Waals surface area contributed by atoms with Crippen molar-refractivity contribution in [3.63, 3.8) is 0 Å². The SMILES string of the molecule is CCCCCCCCCCCOCCCCCCCCCCCOP(Oc1ccccc1)Oc1ccccc1. The normalized spacial score (nSPS) is 11.2. The molecule has 0 aliphatic rings. The van der Waals surface area contributed by atoms with Crippen molar-refractivity contribution in [1.82, 2.24) is 0 Å². The zero-order valence-electron chi connectivity index (χ0n) is 24.7. The number of hydrogen-bond donors (Lipinski definition) is 0. The van der Waals surface area contributed by atoms with Gasteiger partial charge in [0, 0.05) is 13.2 Å². The van der Waals surface area contributed by atoms with Crippen LogP contribution in [0.3, 0.4) is 0 Å². The van der Waals surface area contributed by atoms with E-state index in [4.69, 9.17) is 18.3 Å². The maximum absolute atomic E-state index is 6.00. The van der Waals surface area contributed by atoms with Crippen LogP contribution in [-0.4, -0.2) is 19.8 Å². The third kappa shape index (κ3) is 20.0. The van der Waals surface area contributed by atoms with Crippen LogP contribution in [0.1, 0.15) is 122 Å². The Balaban J connectivity index is 1.35. The van der Waals surface area contributed by atoms with Gasteiger partial charge in [0.15, 0.2) is 0 Å². The van der Waals surface area contributed by atoms with Crippen molar-refractivity contribution in [3.8, 4) is 11.5 Å². The summed E-state index contributed by atoms with van der Waals surface area (Å²) in [6.45, 7) is 4.84. The fourth-order valence-corrected chi connectivity index (χ4v) is 5.51. The fourth-order valence-electron chi connectivity index (χ4n) is 4.51. The summed E-state index contributed by atoms with van der Waals surface area (Å²) in [6, 6.07) is 19.5. The smallest absolute Gasteiger partial charge is 0.418 e. The van der Waals surface area contributed by atoms with Gasteiger partial charge in [0.2, 0.25) is 0 Å². The van der Waals surface area contributed by atoms with E-state index in [1.54, 1.807) is 0 Å². The van der Waals surface area contributed by atoms with Gasteiger partial charge in [-0.2, -0.15) is 0 Å². The lowest BCUT2D eigenvalue weighted by atomic mass is 10.1. The molecular weight excluding hydrogens is 503 g/mol. The van der Waals surface area contributed by atoms with E-state index < -0.39 is 8.60 Å². The Bertz CT molecular complexity index is 717. The number of hydrogen-bond acceptors (Lipinski definition) is 4. The van der Waals surface area contributed by atoms with Gasteiger partial charge < -0.3 is 13.8 Å². The average Bonchev–Trinajstić information content (AvgIpc) is 2.96. The number of ether oxygens (including phenoxy) is 1. The van der Waals surface area contributed by atoms with Crippen LogP contribution in [0.4, 0.5) is 0 Å². The van der Waals surface area contributed by atoms with Gasteiger partial charge in [-0.15, -0.1) is 0 Å². The summed E-state index contributed by atoms with van der Waals surface area (Å²) in [5.41, 5.74) is 0. The topological polar surface area (TPSA) is 36.9 Å². The molecule has 0 saturated heterocycles. The molecule has 0 aromatic heterocycles. The van der Waals surface area contributed by atoms with Crippen LogP contribution in [0.25, 0.3) is 0 Å². The molecule has 4 nitrogen and oxygen atoms in total. The van der Waals surface area contributed by atoms with Gasteiger partial charge in [-0.25, -0.2) is 0 Å². The highest BCUT2D eigenvalue weighted by atomic mass is 31.2. The van der Waals surface area contributed by atoms with Crippen LogP contribution in [-0.2, 0) is 9.26 Å². The van der Waals surface area contributed by atoms with Gasteiger partial charge in [0.05, 0.1) is 6.61 Å². The minimum Gasteiger partial charge on any atom is -0.418 e. The number of rotatable bonds is 27. The monoisotopic (exact) mass is 558 g/mol. The van der Waals surface area contributed by atoms with E-state index in [0.717, 1.165) is 31.1 Å². The quantitative estimate of drug-likeness (QED) is 0.0807. The standard InChI is InChI=1S/C34H55O4P/c1-2-3-4-5-6-8-11-14-23-30-35-31-24-15-12-9-7-10-13-16-25-32-36-39(37-33-26-19-17-20-27-33)38-34-28-21-18-22-29-34/h17-22,26-29H,2-16,23-25,30-32H2,1H3. The third-order valence-electron chi connectivity index (χ3n) is 6.87. The molecule has 220 valence electrons. The zero-order valence-corrected chi connectivity index (χ0v) is 25.6. The first kappa shape index (κ1) is 33.6. The molecule has 2 rings (SSSR count). The number of para-hydroxylation sites is 2. The van der Waals surface area contributed by atoms with Crippen molar-refractivity contribution in [3.05, 3.63) is 60.7 Å². The lowest BCUT2D eigenvalue weighted by Crippen LogP contribution is -2.01. The molecule has 0 radical (unpaired) electrons. The first-order valence-electron chi connectivity index (χ1n) is 15.9. The summed E-state index contributed by atoms with van der Waals surface area (Å²) in [5.74, 6) is 1.54. The molecule has 5 heteroatoms. The molecule has 0 aliphatic heterocycles. The molecule has 2 aromatic carbocycles. The minimum atomic E-state index is -1.47. The summed E-state index contributed by atoms with van der Waals surface area (Å²) in [6.07, 6.45) is 23.7. The van der Waals surface area contributed by atoms with Crippen LogP contribution in [0.2, 0.25) is 0 Å². The molecule has 0 atom stereocenters. The summed E-state index contributed by atoms with van der Waals surface area (Å²) in [5, 5.41) is 0. The molecule has 39 heavy (non-hydrogen) atoms. The van der Waals surface area contributed by atoms with E-state index in [1.165, 1.54) is 109 Å². The third-order valence-corrected chi connectivity index (χ3v) is 7.98. The van der Waals surface area contributed by atoms with E-state index >= 15 is 0 Å². The minimum absolute atomic E-state index is 0.657. The van der Waals surface area contributed by atoms with Gasteiger partial charge in [0.25, 0.3) is 0 Å². The first-order chi connectivity index (χ1) is 19.4. The van der Waals surface area contributed by atoms with Crippen molar-refractivity contribution in [2.24, 2.45) is 0 Å². The highest BCUT2D eigenvalue weighted by Gasteiger charge is 2.17. The second-order valence-electron chi connectivity index (χ2n) is 10.5. The van der Waals surface area contributed by atoms with Gasteiger partial charge >= 0.3 is 8.60 Å². The van der Waals surface area contributed by atoms with Gasteiger partial charge in [-0.3, -0.25) is 4.52 Å². The van der Waals surface area contributed by atoms with E-state index in [-0.39, 0.29) is 0 Å². The second-order valence-corrected chi connectivity index (χ2v) is 11.6. The maximum atomic E-state index is 6.00. The van der Waals surface area contributed by atoms with Gasteiger partial charge in [-0.1, -0.05) is 140 Å². The first-order valence-corrected chi connectivity index (χ1v) is 16.9. The van der Waals surface area contributed by atoms with Gasteiger partial charge in [0.1, 0.15) is 11.5 Å². The predicted molar refractivity (Wildman–Crippen MR) is 167 cm³/mol. The van der Waals surface area contributed by atoms with Gasteiger partial charge in [-0.05, 0) is 43.5 Å². The van der Waals surface area contributed by atoms with E-state index in [9.17, 15) is 0 Å². The van der Waals surface area contributed by atoms with Crippen molar-refractivity contribution >= 4 is 8.60 Å². The Kier molecular flexibility index (Phi) is 21.8. The van der Waals surface area contributed by atoms with Crippen molar-refractivity contribution in [2.45, 2.75) is 122 Å². The van der Waals surface area contributed by atoms with Crippen molar-refractivity contribution < 1.29 is 18.3 Å². The molecule has 0 amide bonds. The Morgan fingerprint density at radius 1 is 0.436 bits per heavy atom. The van der Waals surface area contributed by atoms with Crippen LogP contribution in [0.5, 0.6) is 11.5 Å². The summed E-state index contributed by atoms with van der Waals surface area (Å²) in [4.78, 5) is 0. The van der Waals surface area contributed by atoms with Crippen molar-refractivity contribution in [2.75, 3.05) is 19.8 Å². The summed E-state index contributed by atoms with van der Waals surface area (Å²) < 4.78 is 23.8. The zero-order chi connectivity index (χ0) is 27.5. The molecular formula is C34H55O4P. The molecule has 0 saturated carbocycles. The average molecular weight is 559 g/mol. The van der Waals surface area contributed by atoms with Crippen LogP contribution >= 0.6 is 8.60 Å². The molecule has 0 N–H and O–H groups in total. The second kappa shape index (κ2) is 25.4. The largest absolute Gasteiger partial charge is 0.463 e. The maximum Gasteiger partial charge on any atom is 0.463 e. The number of unbranched alkanes of at least 4 members (excludes halogenated alkanes) is 16. The highest BCUT2D eigenvalue weighted by molar-refractivity contribution is 7.42. The molecule has 0 heterocycles. The molecule has 0 bridgehead atoms. The highest BCUT2D eigenvalue weighted by Crippen LogP contribution is 2.41. The van der Waals surface area contributed by atoms with Crippen LogP contribution in [0.15, 0.2) is 60.7 Å². The summed E-state index contributed by atoms with van der Waals surface area (Å²) >= 11 is 0. The lowest BCUT2D eigenvalue weighted by molar-refractivity contribution is 0.125. The molecule has 0 aliphatic carbocycles. The van der Waals surface area contributed by atoms with E-state index in [0.29, 0.717) is 6.61 Å². The molecule has 0 spiro atoms. The summed E-state index contributed by atoms with van der Waals surface area (Å²) in [7, 11) is -1.47. The lowest BCUT2D eigenvalue weighted by Gasteiger charge is -2.17. The Hall–Kier alpha value is -1.61. The number of benzene rings is 2. The van der Waals surface area contributed by atoms with Crippen LogP contribution in [0, 0.1) is 0 Å². The molecule has 0 fully saturated rings. The Labute approximate surface area is 241 Å². The predicted octanol–water partition coefficient (Wildman–Crippen LogP) is 11.4. The van der Waals surface area contributed by atoms with Crippen LogP contribution < -0.4 is 9.05 Å². The van der Waals surface area contributed by atoms with E-state index in [2.05, 4.69) is 6.92 Å². The molecule has 2 aromatic rings. The Morgan fingerprint density at radius 2 is 0.795 bits per heavy atom. The van der Waals surface area contributed by atoms with Crippen molar-refractivity contribution in [1.29, 1.82) is 0 Å². The Morgan fingerprint density at radius 3 is 1.21 bits per heavy atom. The molecule has 0 unspecified atom stereocenters.